The standard InChI is InChI=1S/C23H16F3N3O5S/c24-23(25,26)34-20-9-8-15(12-17(20)13-5-3-6-16(10-13)35(28,31)32)33-22-18(21(27)30)11-14-4-1-2-7-19(14)29-22/h1-12H,(H2,27,30)(H2,28,31,32). The molecule has 1 aromatic heterocycles. The van der Waals surface area contributed by atoms with Crippen LogP contribution < -0.4 is 20.3 Å². The highest BCUT2D eigenvalue weighted by molar-refractivity contribution is 7.89. The minimum absolute atomic E-state index is 0.0131. The number of nitrogens with two attached hydrogens (primary N) is 2. The van der Waals surface area contributed by atoms with Crippen LogP contribution in [0.4, 0.5) is 13.2 Å². The summed E-state index contributed by atoms with van der Waals surface area (Å²) in [6.45, 7) is 0. The lowest BCUT2D eigenvalue weighted by atomic mass is 10.0. The first kappa shape index (κ1) is 24.0. The van der Waals surface area contributed by atoms with Crippen LogP contribution in [-0.2, 0) is 10.0 Å². The lowest BCUT2D eigenvalue weighted by molar-refractivity contribution is -0.274. The number of carbonyl (C=O) groups is 1. The molecule has 12 heteroatoms. The van der Waals surface area contributed by atoms with E-state index >= 15 is 0 Å². The van der Waals surface area contributed by atoms with Crippen molar-refractivity contribution in [2.45, 2.75) is 11.3 Å². The number of sulfonamides is 1. The van der Waals surface area contributed by atoms with E-state index in [9.17, 15) is 26.4 Å². The van der Waals surface area contributed by atoms with Crippen LogP contribution in [0.25, 0.3) is 22.0 Å². The molecule has 35 heavy (non-hydrogen) atoms. The fourth-order valence-electron chi connectivity index (χ4n) is 3.32. The number of pyridine rings is 1. The van der Waals surface area contributed by atoms with Crippen LogP contribution in [-0.4, -0.2) is 25.7 Å². The Balaban J connectivity index is 1.84. The first-order chi connectivity index (χ1) is 16.4. The number of alkyl halides is 3. The smallest absolute Gasteiger partial charge is 0.438 e. The highest BCUT2D eigenvalue weighted by Crippen LogP contribution is 2.38. The molecule has 0 spiro atoms. The highest BCUT2D eigenvalue weighted by Gasteiger charge is 2.32. The Bertz CT molecular complexity index is 1560. The van der Waals surface area contributed by atoms with Gasteiger partial charge in [0.05, 0.1) is 10.4 Å². The summed E-state index contributed by atoms with van der Waals surface area (Å²) in [7, 11) is -4.13. The normalized spacial score (nSPS) is 11.9. The van der Waals surface area contributed by atoms with E-state index in [1.807, 2.05) is 0 Å². The molecule has 0 saturated carbocycles. The zero-order valence-corrected chi connectivity index (χ0v) is 18.4. The third-order valence-electron chi connectivity index (χ3n) is 4.82. The molecular weight excluding hydrogens is 487 g/mol. The Labute approximate surface area is 197 Å². The zero-order valence-electron chi connectivity index (χ0n) is 17.6. The van der Waals surface area contributed by atoms with Gasteiger partial charge in [0.2, 0.25) is 15.9 Å². The van der Waals surface area contributed by atoms with Gasteiger partial charge in [-0.05, 0) is 48.0 Å². The molecule has 0 aliphatic rings. The minimum Gasteiger partial charge on any atom is -0.438 e. The number of primary amides is 1. The molecule has 3 aromatic carbocycles. The van der Waals surface area contributed by atoms with Crippen molar-refractivity contribution in [1.29, 1.82) is 0 Å². The number of hydrogen-bond donors (Lipinski definition) is 2. The number of benzene rings is 3. The van der Waals surface area contributed by atoms with Gasteiger partial charge in [-0.3, -0.25) is 4.79 Å². The molecule has 0 aliphatic heterocycles. The predicted octanol–water partition coefficient (Wildman–Crippen LogP) is 4.34. The molecule has 4 aromatic rings. The summed E-state index contributed by atoms with van der Waals surface area (Å²) in [4.78, 5) is 16.0. The van der Waals surface area contributed by atoms with Crippen LogP contribution in [0.3, 0.4) is 0 Å². The van der Waals surface area contributed by atoms with Crippen LogP contribution in [0.2, 0.25) is 0 Å². The van der Waals surface area contributed by atoms with Crippen molar-refractivity contribution in [3.63, 3.8) is 0 Å². The summed E-state index contributed by atoms with van der Waals surface area (Å²) in [6, 6.07) is 16.7. The molecule has 4 N–H and O–H groups in total. The first-order valence-corrected chi connectivity index (χ1v) is 11.4. The van der Waals surface area contributed by atoms with E-state index < -0.39 is 28.0 Å². The SMILES string of the molecule is NC(=O)c1cc2ccccc2nc1Oc1ccc(OC(F)(F)F)c(-c2cccc(S(N)(=O)=O)c2)c1. The van der Waals surface area contributed by atoms with Crippen molar-refractivity contribution in [1.82, 2.24) is 4.98 Å². The van der Waals surface area contributed by atoms with E-state index in [0.29, 0.717) is 10.9 Å². The number of carbonyl (C=O) groups excluding carboxylic acids is 1. The maximum Gasteiger partial charge on any atom is 0.573 e. The van der Waals surface area contributed by atoms with Gasteiger partial charge in [0.1, 0.15) is 17.1 Å². The predicted molar refractivity (Wildman–Crippen MR) is 120 cm³/mol. The number of rotatable bonds is 6. The van der Waals surface area contributed by atoms with E-state index in [1.165, 1.54) is 36.4 Å². The number of ether oxygens (including phenoxy) is 2. The largest absolute Gasteiger partial charge is 0.573 e. The number of hydrogen-bond acceptors (Lipinski definition) is 6. The Kier molecular flexibility index (Phi) is 6.09. The molecule has 0 fully saturated rings. The van der Waals surface area contributed by atoms with Gasteiger partial charge in [0.15, 0.2) is 0 Å². The third-order valence-corrected chi connectivity index (χ3v) is 5.73. The summed E-state index contributed by atoms with van der Waals surface area (Å²) in [5.74, 6) is -1.61. The lowest BCUT2D eigenvalue weighted by Crippen LogP contribution is -2.17. The van der Waals surface area contributed by atoms with Gasteiger partial charge >= 0.3 is 6.36 Å². The Morgan fingerprint density at radius 3 is 2.37 bits per heavy atom. The summed E-state index contributed by atoms with van der Waals surface area (Å²) >= 11 is 0. The molecular formula is C23H16F3N3O5S. The zero-order chi connectivity index (χ0) is 25.4. The van der Waals surface area contributed by atoms with Crippen LogP contribution in [0.15, 0.2) is 77.7 Å². The molecule has 0 unspecified atom stereocenters. The van der Waals surface area contributed by atoms with Gasteiger partial charge < -0.3 is 15.2 Å². The average molecular weight is 503 g/mol. The molecule has 0 saturated heterocycles. The van der Waals surface area contributed by atoms with Gasteiger partial charge in [-0.15, -0.1) is 13.2 Å². The molecule has 0 bridgehead atoms. The van der Waals surface area contributed by atoms with E-state index in [1.54, 1.807) is 24.3 Å². The van der Waals surface area contributed by atoms with Gasteiger partial charge in [-0.25, -0.2) is 18.5 Å². The van der Waals surface area contributed by atoms with E-state index in [0.717, 1.165) is 12.1 Å². The average Bonchev–Trinajstić information content (AvgIpc) is 2.78. The second-order valence-electron chi connectivity index (χ2n) is 7.28. The van der Waals surface area contributed by atoms with E-state index in [2.05, 4.69) is 9.72 Å². The lowest BCUT2D eigenvalue weighted by Gasteiger charge is -2.16. The fraction of sp³-hybridized carbons (Fsp3) is 0.0435. The van der Waals surface area contributed by atoms with Gasteiger partial charge in [0, 0.05) is 10.9 Å². The van der Waals surface area contributed by atoms with Crippen LogP contribution in [0, 0.1) is 0 Å². The number of amides is 1. The summed E-state index contributed by atoms with van der Waals surface area (Å²) in [5.41, 5.74) is 5.82. The van der Waals surface area contributed by atoms with Crippen LogP contribution in [0.1, 0.15) is 10.4 Å². The number of para-hydroxylation sites is 1. The molecule has 1 heterocycles. The third kappa shape index (κ3) is 5.50. The fourth-order valence-corrected chi connectivity index (χ4v) is 3.88. The van der Waals surface area contributed by atoms with Gasteiger partial charge in [0.25, 0.3) is 5.91 Å². The molecule has 180 valence electrons. The van der Waals surface area contributed by atoms with Gasteiger partial charge in [-0.2, -0.15) is 0 Å². The molecule has 8 nitrogen and oxygen atoms in total. The number of aromatic nitrogens is 1. The van der Waals surface area contributed by atoms with Crippen molar-refractivity contribution < 1.29 is 35.9 Å². The monoisotopic (exact) mass is 503 g/mol. The van der Waals surface area contributed by atoms with Crippen LogP contribution in [0.5, 0.6) is 17.4 Å². The summed E-state index contributed by atoms with van der Waals surface area (Å²) in [6.07, 6.45) is -5.02. The van der Waals surface area contributed by atoms with Crippen LogP contribution >= 0.6 is 0 Å². The molecule has 0 radical (unpaired) electrons. The van der Waals surface area contributed by atoms with Crippen molar-refractivity contribution in [2.24, 2.45) is 10.9 Å². The second kappa shape index (κ2) is 8.89. The molecule has 4 rings (SSSR count). The highest BCUT2D eigenvalue weighted by atomic mass is 32.2. The van der Waals surface area contributed by atoms with Crippen molar-refractivity contribution in [3.8, 4) is 28.5 Å². The summed E-state index contributed by atoms with van der Waals surface area (Å²) in [5, 5.41) is 5.78. The minimum atomic E-state index is -5.02. The topological polar surface area (TPSA) is 135 Å². The summed E-state index contributed by atoms with van der Waals surface area (Å²) < 4.78 is 72.4. The number of fused-ring (bicyclic) bond motifs is 1. The maximum atomic E-state index is 13.0. The van der Waals surface area contributed by atoms with Crippen molar-refractivity contribution in [2.75, 3.05) is 0 Å². The number of halogens is 3. The van der Waals surface area contributed by atoms with E-state index in [-0.39, 0.29) is 33.2 Å². The number of primary sulfonamides is 1. The Morgan fingerprint density at radius 1 is 0.943 bits per heavy atom. The second-order valence-corrected chi connectivity index (χ2v) is 8.84. The van der Waals surface area contributed by atoms with Crippen molar-refractivity contribution in [3.05, 3.63) is 78.4 Å². The Hall–Kier alpha value is -4.16. The van der Waals surface area contributed by atoms with Gasteiger partial charge in [-0.1, -0.05) is 30.3 Å². The Morgan fingerprint density at radius 2 is 1.69 bits per heavy atom. The molecule has 1 amide bonds. The molecule has 0 atom stereocenters. The van der Waals surface area contributed by atoms with E-state index in [4.69, 9.17) is 15.6 Å². The first-order valence-electron chi connectivity index (χ1n) is 9.81. The quantitative estimate of drug-likeness (QED) is 0.402. The molecule has 0 aliphatic carbocycles. The maximum absolute atomic E-state index is 13.0. The number of nitrogens with zero attached hydrogens (tertiary/aromatic N) is 1. The van der Waals surface area contributed by atoms with Crippen molar-refractivity contribution >= 4 is 26.8 Å².